The quantitative estimate of drug-likeness (QED) is 0.451. The maximum Gasteiger partial charge on any atom is 0.229 e. The smallest absolute Gasteiger partial charge is 0.229 e. The summed E-state index contributed by atoms with van der Waals surface area (Å²) in [6.45, 7) is 0.663. The molecule has 0 radical (unpaired) electrons. The summed E-state index contributed by atoms with van der Waals surface area (Å²) in [4.78, 5) is 19.8. The first-order chi connectivity index (χ1) is 17.8. The minimum atomic E-state index is -2.03. The van der Waals surface area contributed by atoms with Crippen molar-refractivity contribution in [3.05, 3.63) is 88.2 Å². The SMILES string of the molecule is COCCN(C)C(=O)[C@H]1[C@@H](O)[C@@]2(O)c3c(OC)cncc3O[C@@]2(c2ccc(Br)cc2)[C@@H]1c1ccccc1. The van der Waals surface area contributed by atoms with Crippen LogP contribution in [0.4, 0.5) is 0 Å². The maximum atomic E-state index is 14.0. The van der Waals surface area contributed by atoms with Crippen molar-refractivity contribution < 1.29 is 29.2 Å². The van der Waals surface area contributed by atoms with Crippen molar-refractivity contribution in [3.8, 4) is 11.5 Å². The Hall–Kier alpha value is -2.98. The molecular formula is C28H29BrN2O6. The topological polar surface area (TPSA) is 101 Å². The number of halogens is 1. The Balaban J connectivity index is 1.81. The van der Waals surface area contributed by atoms with Crippen molar-refractivity contribution >= 4 is 21.8 Å². The summed E-state index contributed by atoms with van der Waals surface area (Å²) in [6, 6.07) is 16.8. The molecule has 37 heavy (non-hydrogen) atoms. The number of amides is 1. The predicted octanol–water partition coefficient (Wildman–Crippen LogP) is 3.21. The van der Waals surface area contributed by atoms with Crippen LogP contribution in [0.3, 0.4) is 0 Å². The summed E-state index contributed by atoms with van der Waals surface area (Å²) >= 11 is 3.48. The molecule has 1 aliphatic carbocycles. The van der Waals surface area contributed by atoms with Gasteiger partial charge in [0.25, 0.3) is 0 Å². The second-order valence-electron chi connectivity index (χ2n) is 9.44. The second kappa shape index (κ2) is 9.72. The molecule has 194 valence electrons. The van der Waals surface area contributed by atoms with Crippen LogP contribution in [-0.2, 0) is 20.7 Å². The van der Waals surface area contributed by atoms with Crippen molar-refractivity contribution in [1.29, 1.82) is 0 Å². The van der Waals surface area contributed by atoms with E-state index in [9.17, 15) is 15.0 Å². The number of fused-ring (bicyclic) bond motifs is 3. The van der Waals surface area contributed by atoms with Gasteiger partial charge in [0, 0.05) is 31.1 Å². The molecule has 3 aromatic rings. The van der Waals surface area contributed by atoms with Crippen molar-refractivity contribution in [3.63, 3.8) is 0 Å². The third-order valence-electron chi connectivity index (χ3n) is 7.60. The molecule has 5 rings (SSSR count). The molecule has 0 unspecified atom stereocenters. The molecule has 1 amide bonds. The molecule has 5 atom stereocenters. The molecule has 0 spiro atoms. The number of nitrogens with zero attached hydrogens (tertiary/aromatic N) is 2. The number of pyridine rings is 1. The van der Waals surface area contributed by atoms with Gasteiger partial charge in [0.1, 0.15) is 17.6 Å². The fourth-order valence-electron chi connectivity index (χ4n) is 5.96. The zero-order valence-corrected chi connectivity index (χ0v) is 22.4. The number of benzene rings is 2. The van der Waals surface area contributed by atoms with Crippen LogP contribution in [-0.4, -0.2) is 66.5 Å². The maximum absolute atomic E-state index is 14.0. The Kier molecular flexibility index (Phi) is 6.74. The number of aromatic nitrogens is 1. The van der Waals surface area contributed by atoms with Gasteiger partial charge in [-0.1, -0.05) is 58.4 Å². The van der Waals surface area contributed by atoms with E-state index in [2.05, 4.69) is 20.9 Å². The van der Waals surface area contributed by atoms with Gasteiger partial charge in [0.15, 0.2) is 11.2 Å². The largest absolute Gasteiger partial charge is 0.495 e. The van der Waals surface area contributed by atoms with Gasteiger partial charge in [0.2, 0.25) is 5.91 Å². The molecule has 0 saturated heterocycles. The van der Waals surface area contributed by atoms with Crippen molar-refractivity contribution in [2.24, 2.45) is 5.92 Å². The molecule has 2 aromatic carbocycles. The summed E-state index contributed by atoms with van der Waals surface area (Å²) in [5.74, 6) is -1.56. The molecular weight excluding hydrogens is 540 g/mol. The standard InChI is InChI=1S/C28H29BrN2O6/c1-31(13-14-35-2)26(33)22-23(17-7-5-4-6-8-17)28(18-9-11-19(29)12-10-18)27(34,25(22)32)24-20(36-3)15-30-16-21(24)37-28/h4-12,15-16,22-23,25,32,34H,13-14H2,1-3H3/t22-,23-,25-,27+,28+/m1/s1. The normalized spacial score (nSPS) is 27.8. The first-order valence-electron chi connectivity index (χ1n) is 12.0. The average Bonchev–Trinajstić information content (AvgIpc) is 3.30. The molecule has 1 fully saturated rings. The van der Waals surface area contributed by atoms with E-state index >= 15 is 0 Å². The molecule has 8 nitrogen and oxygen atoms in total. The Morgan fingerprint density at radius 3 is 2.49 bits per heavy atom. The lowest BCUT2D eigenvalue weighted by Crippen LogP contribution is -2.52. The fraction of sp³-hybridized carbons (Fsp3) is 0.357. The van der Waals surface area contributed by atoms with E-state index in [1.807, 2.05) is 54.6 Å². The molecule has 9 heteroatoms. The number of likely N-dealkylation sites (N-methyl/N-ethyl adjacent to an activating group) is 1. The summed E-state index contributed by atoms with van der Waals surface area (Å²) in [7, 11) is 4.70. The molecule has 2 aliphatic rings. The van der Waals surface area contributed by atoms with Gasteiger partial charge >= 0.3 is 0 Å². The van der Waals surface area contributed by atoms with E-state index < -0.39 is 29.1 Å². The minimum absolute atomic E-state index is 0.269. The predicted molar refractivity (Wildman–Crippen MR) is 139 cm³/mol. The zero-order chi connectivity index (χ0) is 26.4. The molecule has 2 N–H and O–H groups in total. The number of rotatable bonds is 7. The molecule has 1 saturated carbocycles. The van der Waals surface area contributed by atoms with Gasteiger partial charge in [-0.25, -0.2) is 0 Å². The number of carbonyl (C=O) groups excluding carboxylic acids is 1. The number of hydrogen-bond acceptors (Lipinski definition) is 7. The second-order valence-corrected chi connectivity index (χ2v) is 10.4. The van der Waals surface area contributed by atoms with Crippen LogP contribution in [0.2, 0.25) is 0 Å². The van der Waals surface area contributed by atoms with Crippen LogP contribution in [0.15, 0.2) is 71.5 Å². The van der Waals surface area contributed by atoms with Crippen LogP contribution in [0.1, 0.15) is 22.6 Å². The van der Waals surface area contributed by atoms with Crippen molar-refractivity contribution in [2.45, 2.75) is 23.2 Å². The number of carbonyl (C=O) groups is 1. The van der Waals surface area contributed by atoms with Gasteiger partial charge in [-0.05, 0) is 23.3 Å². The Labute approximate surface area is 223 Å². The summed E-state index contributed by atoms with van der Waals surface area (Å²) in [5, 5.41) is 24.8. The number of aliphatic hydroxyl groups excluding tert-OH is 1. The molecule has 1 aromatic heterocycles. The lowest BCUT2D eigenvalue weighted by Gasteiger charge is -2.41. The number of ether oxygens (including phenoxy) is 3. The third-order valence-corrected chi connectivity index (χ3v) is 8.13. The summed E-state index contributed by atoms with van der Waals surface area (Å²) in [5.41, 5.74) is -1.96. The first-order valence-corrected chi connectivity index (χ1v) is 12.8. The van der Waals surface area contributed by atoms with E-state index in [4.69, 9.17) is 14.2 Å². The highest BCUT2D eigenvalue weighted by atomic mass is 79.9. The molecule has 1 aliphatic heterocycles. The lowest BCUT2D eigenvalue weighted by atomic mass is 9.70. The number of methoxy groups -OCH3 is 2. The average molecular weight is 569 g/mol. The number of hydrogen-bond donors (Lipinski definition) is 2. The Bertz CT molecular complexity index is 1290. The number of aliphatic hydroxyl groups is 2. The van der Waals surface area contributed by atoms with E-state index in [-0.39, 0.29) is 17.2 Å². The highest BCUT2D eigenvalue weighted by Gasteiger charge is 2.78. The molecule has 2 heterocycles. The van der Waals surface area contributed by atoms with Gasteiger partial charge in [-0.15, -0.1) is 0 Å². The van der Waals surface area contributed by atoms with Gasteiger partial charge in [-0.3, -0.25) is 9.78 Å². The third kappa shape index (κ3) is 3.67. The lowest BCUT2D eigenvalue weighted by molar-refractivity contribution is -0.156. The van der Waals surface area contributed by atoms with E-state index in [0.29, 0.717) is 24.5 Å². The van der Waals surface area contributed by atoms with Crippen LogP contribution < -0.4 is 9.47 Å². The summed E-state index contributed by atoms with van der Waals surface area (Å²) in [6.07, 6.45) is 1.45. The van der Waals surface area contributed by atoms with Crippen molar-refractivity contribution in [2.75, 3.05) is 34.4 Å². The summed E-state index contributed by atoms with van der Waals surface area (Å²) < 4.78 is 18.3. The van der Waals surface area contributed by atoms with Crippen LogP contribution in [0.5, 0.6) is 11.5 Å². The molecule has 0 bridgehead atoms. The van der Waals surface area contributed by atoms with Gasteiger partial charge < -0.3 is 29.3 Å². The Morgan fingerprint density at radius 1 is 1.14 bits per heavy atom. The van der Waals surface area contributed by atoms with E-state index in [0.717, 1.165) is 10.0 Å². The van der Waals surface area contributed by atoms with E-state index in [1.165, 1.54) is 24.4 Å². The van der Waals surface area contributed by atoms with Crippen LogP contribution in [0.25, 0.3) is 0 Å². The minimum Gasteiger partial charge on any atom is -0.495 e. The highest BCUT2D eigenvalue weighted by Crippen LogP contribution is 2.69. The van der Waals surface area contributed by atoms with Crippen LogP contribution >= 0.6 is 15.9 Å². The zero-order valence-electron chi connectivity index (χ0n) is 20.8. The highest BCUT2D eigenvalue weighted by molar-refractivity contribution is 9.10. The first kappa shape index (κ1) is 25.7. The van der Waals surface area contributed by atoms with Crippen LogP contribution in [0, 0.1) is 5.92 Å². The van der Waals surface area contributed by atoms with E-state index in [1.54, 1.807) is 14.2 Å². The fourth-order valence-corrected chi connectivity index (χ4v) is 6.22. The van der Waals surface area contributed by atoms with Crippen molar-refractivity contribution in [1.82, 2.24) is 9.88 Å². The van der Waals surface area contributed by atoms with Gasteiger partial charge in [0.05, 0.1) is 37.6 Å². The van der Waals surface area contributed by atoms with Gasteiger partial charge in [-0.2, -0.15) is 0 Å². The Morgan fingerprint density at radius 2 is 1.84 bits per heavy atom. The monoisotopic (exact) mass is 568 g/mol.